The predicted molar refractivity (Wildman–Crippen MR) is 99.4 cm³/mol. The van der Waals surface area contributed by atoms with Crippen molar-refractivity contribution in [2.24, 2.45) is 0 Å². The molecule has 4 rings (SSSR count). The average molecular weight is 357 g/mol. The highest BCUT2D eigenvalue weighted by atomic mass is 32.1. The minimum absolute atomic E-state index is 0.00331. The highest BCUT2D eigenvalue weighted by molar-refractivity contribution is 7.19. The van der Waals surface area contributed by atoms with Gasteiger partial charge in [-0.1, -0.05) is 18.2 Å². The maximum absolute atomic E-state index is 12.6. The number of rotatable bonds is 4. The number of carbonyl (C=O) groups is 2. The van der Waals surface area contributed by atoms with Crippen LogP contribution in [0.25, 0.3) is 10.1 Å². The Bertz CT molecular complexity index is 770. The monoisotopic (exact) mass is 357 g/mol. The molecular weight excluding hydrogens is 334 g/mol. The number of hydrogen-bond acceptors (Lipinski definition) is 4. The van der Waals surface area contributed by atoms with Crippen molar-refractivity contribution in [1.82, 2.24) is 15.1 Å². The smallest absolute Gasteiger partial charge is 0.242 e. The fourth-order valence-corrected chi connectivity index (χ4v) is 4.91. The Hall–Kier alpha value is -1.92. The summed E-state index contributed by atoms with van der Waals surface area (Å²) in [6, 6.07) is 11.0. The van der Waals surface area contributed by atoms with Gasteiger partial charge in [-0.2, -0.15) is 0 Å². The number of likely N-dealkylation sites (N-methyl/N-ethyl adjacent to an activating group) is 1. The molecule has 0 saturated carbocycles. The van der Waals surface area contributed by atoms with Gasteiger partial charge in [0.25, 0.3) is 0 Å². The number of amides is 2. The Kier molecular flexibility index (Phi) is 4.48. The Balaban J connectivity index is 1.39. The number of hydrogen-bond donors (Lipinski definition) is 1. The van der Waals surface area contributed by atoms with Gasteiger partial charge in [0.15, 0.2) is 0 Å². The molecule has 2 aliphatic rings. The van der Waals surface area contributed by atoms with Crippen molar-refractivity contribution in [3.63, 3.8) is 0 Å². The third kappa shape index (κ3) is 3.55. The van der Waals surface area contributed by atoms with E-state index in [1.165, 1.54) is 15.0 Å². The molecule has 2 saturated heterocycles. The SMILES string of the molecule is CN(Cc1cc2ccccc2s1)C(=O)CN1CC2CCC(CC1=O)N2. The molecule has 132 valence electrons. The molecule has 0 radical (unpaired) electrons. The lowest BCUT2D eigenvalue weighted by Gasteiger charge is -2.26. The summed E-state index contributed by atoms with van der Waals surface area (Å²) in [7, 11) is 1.82. The van der Waals surface area contributed by atoms with Gasteiger partial charge in [0.2, 0.25) is 11.8 Å². The van der Waals surface area contributed by atoms with Gasteiger partial charge in [-0.3, -0.25) is 9.59 Å². The van der Waals surface area contributed by atoms with Gasteiger partial charge in [0.05, 0.1) is 13.1 Å². The first-order valence-electron chi connectivity index (χ1n) is 8.84. The van der Waals surface area contributed by atoms with Crippen molar-refractivity contribution >= 4 is 33.2 Å². The molecule has 2 bridgehead atoms. The van der Waals surface area contributed by atoms with E-state index in [9.17, 15) is 9.59 Å². The van der Waals surface area contributed by atoms with Crippen LogP contribution in [0.15, 0.2) is 30.3 Å². The van der Waals surface area contributed by atoms with Crippen molar-refractivity contribution in [1.29, 1.82) is 0 Å². The van der Waals surface area contributed by atoms with E-state index in [0.717, 1.165) is 12.8 Å². The van der Waals surface area contributed by atoms with Crippen molar-refractivity contribution in [3.05, 3.63) is 35.2 Å². The van der Waals surface area contributed by atoms with E-state index in [1.807, 2.05) is 19.2 Å². The molecule has 2 fully saturated rings. The van der Waals surface area contributed by atoms with Gasteiger partial charge in [0.1, 0.15) is 0 Å². The van der Waals surface area contributed by atoms with Crippen molar-refractivity contribution in [3.8, 4) is 0 Å². The third-order valence-electron chi connectivity index (χ3n) is 5.17. The summed E-state index contributed by atoms with van der Waals surface area (Å²) >= 11 is 1.72. The first kappa shape index (κ1) is 16.5. The number of fused-ring (bicyclic) bond motifs is 3. The van der Waals surface area contributed by atoms with Gasteiger partial charge in [0, 0.05) is 41.7 Å². The second-order valence-corrected chi connectivity index (χ2v) is 8.28. The molecule has 0 aliphatic carbocycles. The van der Waals surface area contributed by atoms with Crippen LogP contribution in [-0.2, 0) is 16.1 Å². The van der Waals surface area contributed by atoms with Crippen molar-refractivity contribution in [2.45, 2.75) is 37.9 Å². The number of nitrogens with zero attached hydrogens (tertiary/aromatic N) is 2. The zero-order chi connectivity index (χ0) is 17.4. The molecule has 1 aromatic carbocycles. The van der Waals surface area contributed by atoms with Gasteiger partial charge in [-0.25, -0.2) is 0 Å². The lowest BCUT2D eigenvalue weighted by Crippen LogP contribution is -2.44. The predicted octanol–water partition coefficient (Wildman–Crippen LogP) is 2.21. The molecule has 2 aromatic rings. The summed E-state index contributed by atoms with van der Waals surface area (Å²) in [5.74, 6) is 0.104. The van der Waals surface area contributed by atoms with Crippen LogP contribution < -0.4 is 5.32 Å². The first-order chi connectivity index (χ1) is 12.1. The van der Waals surface area contributed by atoms with Crippen LogP contribution in [-0.4, -0.2) is 53.8 Å². The van der Waals surface area contributed by atoms with Crippen molar-refractivity contribution < 1.29 is 9.59 Å². The molecule has 1 N–H and O–H groups in total. The minimum Gasteiger partial charge on any atom is -0.339 e. The van der Waals surface area contributed by atoms with E-state index in [-0.39, 0.29) is 18.4 Å². The second-order valence-electron chi connectivity index (χ2n) is 7.12. The Morgan fingerprint density at radius 2 is 2.12 bits per heavy atom. The summed E-state index contributed by atoms with van der Waals surface area (Å²) < 4.78 is 1.24. The maximum Gasteiger partial charge on any atom is 0.242 e. The molecule has 2 atom stereocenters. The molecule has 25 heavy (non-hydrogen) atoms. The lowest BCUT2D eigenvalue weighted by molar-refractivity contribution is -0.140. The number of likely N-dealkylation sites (tertiary alicyclic amines) is 1. The zero-order valence-corrected chi connectivity index (χ0v) is 15.2. The quantitative estimate of drug-likeness (QED) is 0.913. The molecule has 3 heterocycles. The Labute approximate surface area is 151 Å². The highest BCUT2D eigenvalue weighted by Crippen LogP contribution is 2.26. The summed E-state index contributed by atoms with van der Waals surface area (Å²) in [4.78, 5) is 29.6. The molecule has 6 heteroatoms. The average Bonchev–Trinajstić information content (AvgIpc) is 3.15. The number of benzene rings is 1. The van der Waals surface area contributed by atoms with E-state index >= 15 is 0 Å². The molecule has 2 amide bonds. The normalized spacial score (nSPS) is 23.1. The minimum atomic E-state index is 0.00331. The summed E-state index contributed by atoms with van der Waals surface area (Å²) in [6.07, 6.45) is 2.69. The van der Waals surface area contributed by atoms with Crippen LogP contribution in [0.2, 0.25) is 0 Å². The molecule has 1 aromatic heterocycles. The molecule has 0 spiro atoms. The molecule has 2 aliphatic heterocycles. The molecular formula is C19H23N3O2S. The van der Waals surface area contributed by atoms with Gasteiger partial charge >= 0.3 is 0 Å². The van der Waals surface area contributed by atoms with Gasteiger partial charge < -0.3 is 15.1 Å². The number of nitrogens with one attached hydrogen (secondary N) is 1. The van der Waals surface area contributed by atoms with Crippen LogP contribution in [0.4, 0.5) is 0 Å². The summed E-state index contributed by atoms with van der Waals surface area (Å²) in [5, 5.41) is 4.70. The largest absolute Gasteiger partial charge is 0.339 e. The fraction of sp³-hybridized carbons (Fsp3) is 0.474. The topological polar surface area (TPSA) is 52.7 Å². The van der Waals surface area contributed by atoms with Crippen LogP contribution >= 0.6 is 11.3 Å². The second kappa shape index (κ2) is 6.77. The molecule has 2 unspecified atom stereocenters. The number of carbonyl (C=O) groups excluding carboxylic acids is 2. The summed E-state index contributed by atoms with van der Waals surface area (Å²) in [6.45, 7) is 1.42. The van der Waals surface area contributed by atoms with Crippen LogP contribution in [0.5, 0.6) is 0 Å². The fourth-order valence-electron chi connectivity index (χ4n) is 3.79. The third-order valence-corrected chi connectivity index (χ3v) is 6.27. The van der Waals surface area contributed by atoms with E-state index in [2.05, 4.69) is 23.5 Å². The first-order valence-corrected chi connectivity index (χ1v) is 9.65. The van der Waals surface area contributed by atoms with E-state index in [0.29, 0.717) is 31.6 Å². The molecule has 5 nitrogen and oxygen atoms in total. The standard InChI is InChI=1S/C19H23N3O2S/c1-21(11-16-8-13-4-2-3-5-17(13)25-16)19(24)12-22-10-15-7-6-14(20-15)9-18(22)23/h2-5,8,14-15,20H,6-7,9-12H2,1H3. The maximum atomic E-state index is 12.6. The van der Waals surface area contributed by atoms with E-state index in [4.69, 9.17) is 0 Å². The van der Waals surface area contributed by atoms with E-state index in [1.54, 1.807) is 21.1 Å². The van der Waals surface area contributed by atoms with Gasteiger partial charge in [-0.05, 0) is 30.4 Å². The van der Waals surface area contributed by atoms with Crippen LogP contribution in [0.1, 0.15) is 24.1 Å². The van der Waals surface area contributed by atoms with Crippen molar-refractivity contribution in [2.75, 3.05) is 20.1 Å². The Morgan fingerprint density at radius 3 is 2.96 bits per heavy atom. The highest BCUT2D eigenvalue weighted by Gasteiger charge is 2.34. The summed E-state index contributed by atoms with van der Waals surface area (Å²) in [5.41, 5.74) is 0. The van der Waals surface area contributed by atoms with Crippen LogP contribution in [0, 0.1) is 0 Å². The Morgan fingerprint density at radius 1 is 1.32 bits per heavy atom. The van der Waals surface area contributed by atoms with Crippen LogP contribution in [0.3, 0.4) is 0 Å². The van der Waals surface area contributed by atoms with E-state index < -0.39 is 0 Å². The van der Waals surface area contributed by atoms with Gasteiger partial charge in [-0.15, -0.1) is 11.3 Å². The lowest BCUT2D eigenvalue weighted by atomic mass is 10.1. The zero-order valence-electron chi connectivity index (χ0n) is 14.4. The number of thiophene rings is 1.